The SMILES string of the molecule is CCc1cccc(NC(=O)N2CCC(CO)CC2)c1. The van der Waals surface area contributed by atoms with Crippen molar-refractivity contribution >= 4 is 11.7 Å². The molecule has 0 bridgehead atoms. The highest BCUT2D eigenvalue weighted by Crippen LogP contribution is 2.18. The minimum Gasteiger partial charge on any atom is -0.396 e. The van der Waals surface area contributed by atoms with Crippen LogP contribution in [0.1, 0.15) is 25.3 Å². The van der Waals surface area contributed by atoms with Crippen molar-refractivity contribution in [3.63, 3.8) is 0 Å². The molecule has 2 amide bonds. The van der Waals surface area contributed by atoms with E-state index >= 15 is 0 Å². The van der Waals surface area contributed by atoms with Gasteiger partial charge >= 0.3 is 6.03 Å². The van der Waals surface area contributed by atoms with E-state index in [1.165, 1.54) is 5.56 Å². The Morgan fingerprint density at radius 1 is 1.42 bits per heavy atom. The second-order valence-electron chi connectivity index (χ2n) is 5.10. The van der Waals surface area contributed by atoms with Crippen LogP contribution in [0.2, 0.25) is 0 Å². The predicted molar refractivity (Wildman–Crippen MR) is 76.2 cm³/mol. The molecule has 2 N–H and O–H groups in total. The Morgan fingerprint density at radius 2 is 2.16 bits per heavy atom. The number of aliphatic hydroxyl groups is 1. The van der Waals surface area contributed by atoms with Crippen molar-refractivity contribution in [1.82, 2.24) is 4.90 Å². The fourth-order valence-electron chi connectivity index (χ4n) is 2.39. The molecule has 0 aromatic heterocycles. The molecule has 0 radical (unpaired) electrons. The Kier molecular flexibility index (Phi) is 4.80. The molecular formula is C15H22N2O2. The normalized spacial score (nSPS) is 16.4. The summed E-state index contributed by atoms with van der Waals surface area (Å²) in [4.78, 5) is 13.9. The van der Waals surface area contributed by atoms with Crippen molar-refractivity contribution < 1.29 is 9.90 Å². The number of hydrogen-bond donors (Lipinski definition) is 2. The highest BCUT2D eigenvalue weighted by atomic mass is 16.3. The summed E-state index contributed by atoms with van der Waals surface area (Å²) < 4.78 is 0. The minimum atomic E-state index is -0.0374. The van der Waals surface area contributed by atoms with Crippen molar-refractivity contribution in [3.05, 3.63) is 29.8 Å². The van der Waals surface area contributed by atoms with E-state index in [1.54, 1.807) is 0 Å². The van der Waals surface area contributed by atoms with Gasteiger partial charge in [-0.1, -0.05) is 19.1 Å². The first-order valence-corrected chi connectivity index (χ1v) is 6.98. The second-order valence-corrected chi connectivity index (χ2v) is 5.10. The second kappa shape index (κ2) is 6.57. The van der Waals surface area contributed by atoms with Gasteiger partial charge in [0, 0.05) is 25.4 Å². The molecule has 0 aliphatic carbocycles. The molecule has 0 unspecified atom stereocenters. The van der Waals surface area contributed by atoms with Gasteiger partial charge in [-0.15, -0.1) is 0 Å². The molecule has 1 aliphatic rings. The maximum atomic E-state index is 12.1. The quantitative estimate of drug-likeness (QED) is 0.879. The van der Waals surface area contributed by atoms with Gasteiger partial charge in [-0.05, 0) is 42.9 Å². The van der Waals surface area contributed by atoms with Gasteiger partial charge in [-0.3, -0.25) is 0 Å². The molecule has 0 saturated carbocycles. The molecule has 4 heteroatoms. The lowest BCUT2D eigenvalue weighted by Gasteiger charge is -2.31. The average molecular weight is 262 g/mol. The number of aliphatic hydroxyl groups excluding tert-OH is 1. The molecule has 4 nitrogen and oxygen atoms in total. The fourth-order valence-corrected chi connectivity index (χ4v) is 2.39. The van der Waals surface area contributed by atoms with E-state index in [-0.39, 0.29) is 12.6 Å². The predicted octanol–water partition coefficient (Wildman–Crippen LogP) is 2.49. The van der Waals surface area contributed by atoms with Gasteiger partial charge in [0.25, 0.3) is 0 Å². The number of piperidine rings is 1. The molecule has 1 aliphatic heterocycles. The van der Waals surface area contributed by atoms with Crippen molar-refractivity contribution in [2.45, 2.75) is 26.2 Å². The van der Waals surface area contributed by atoms with Crippen LogP contribution in [0.5, 0.6) is 0 Å². The first kappa shape index (κ1) is 13.9. The third-order valence-corrected chi connectivity index (χ3v) is 3.75. The first-order chi connectivity index (χ1) is 9.22. The molecule has 1 aromatic rings. The molecule has 1 aromatic carbocycles. The number of anilines is 1. The summed E-state index contributed by atoms with van der Waals surface area (Å²) in [5.41, 5.74) is 2.07. The number of nitrogens with one attached hydrogen (secondary N) is 1. The van der Waals surface area contributed by atoms with Crippen LogP contribution in [-0.4, -0.2) is 35.7 Å². The van der Waals surface area contributed by atoms with E-state index < -0.39 is 0 Å². The number of benzene rings is 1. The molecule has 19 heavy (non-hydrogen) atoms. The van der Waals surface area contributed by atoms with E-state index in [4.69, 9.17) is 5.11 Å². The summed E-state index contributed by atoms with van der Waals surface area (Å²) >= 11 is 0. The maximum absolute atomic E-state index is 12.1. The molecular weight excluding hydrogens is 240 g/mol. The van der Waals surface area contributed by atoms with E-state index in [1.807, 2.05) is 23.1 Å². The zero-order valence-electron chi connectivity index (χ0n) is 11.4. The number of carbonyl (C=O) groups excluding carboxylic acids is 1. The van der Waals surface area contributed by atoms with Gasteiger partial charge in [-0.25, -0.2) is 4.79 Å². The van der Waals surface area contributed by atoms with Gasteiger partial charge < -0.3 is 15.3 Å². The molecule has 1 heterocycles. The zero-order valence-corrected chi connectivity index (χ0v) is 11.4. The Morgan fingerprint density at radius 3 is 2.79 bits per heavy atom. The Balaban J connectivity index is 1.90. The summed E-state index contributed by atoms with van der Waals surface area (Å²) in [6.07, 6.45) is 2.74. The van der Waals surface area contributed by atoms with Crippen LogP contribution in [0, 0.1) is 5.92 Å². The Bertz CT molecular complexity index is 426. The van der Waals surface area contributed by atoms with Crippen LogP contribution in [0.25, 0.3) is 0 Å². The van der Waals surface area contributed by atoms with E-state index in [9.17, 15) is 4.79 Å². The Hall–Kier alpha value is -1.55. The third-order valence-electron chi connectivity index (χ3n) is 3.75. The van der Waals surface area contributed by atoms with Crippen molar-refractivity contribution in [1.29, 1.82) is 0 Å². The number of likely N-dealkylation sites (tertiary alicyclic amines) is 1. The monoisotopic (exact) mass is 262 g/mol. The summed E-state index contributed by atoms with van der Waals surface area (Å²) in [5, 5.41) is 12.0. The number of urea groups is 1. The summed E-state index contributed by atoms with van der Waals surface area (Å²) in [6.45, 7) is 3.78. The maximum Gasteiger partial charge on any atom is 0.321 e. The van der Waals surface area contributed by atoms with Crippen LogP contribution in [-0.2, 0) is 6.42 Å². The highest BCUT2D eigenvalue weighted by molar-refractivity contribution is 5.89. The van der Waals surface area contributed by atoms with Crippen molar-refractivity contribution in [3.8, 4) is 0 Å². The number of amides is 2. The Labute approximate surface area is 114 Å². The standard InChI is InChI=1S/C15H22N2O2/c1-2-12-4-3-5-14(10-12)16-15(19)17-8-6-13(11-18)7-9-17/h3-5,10,13,18H,2,6-9,11H2,1H3,(H,16,19). The first-order valence-electron chi connectivity index (χ1n) is 6.98. The number of aryl methyl sites for hydroxylation is 1. The summed E-state index contributed by atoms with van der Waals surface area (Å²) in [5.74, 6) is 0.354. The lowest BCUT2D eigenvalue weighted by Crippen LogP contribution is -2.41. The smallest absolute Gasteiger partial charge is 0.321 e. The van der Waals surface area contributed by atoms with Crippen LogP contribution in [0.4, 0.5) is 10.5 Å². The van der Waals surface area contributed by atoms with Crippen LogP contribution >= 0.6 is 0 Å². The number of carbonyl (C=O) groups is 1. The number of rotatable bonds is 3. The lowest BCUT2D eigenvalue weighted by molar-refractivity contribution is 0.143. The fraction of sp³-hybridized carbons (Fsp3) is 0.533. The van der Waals surface area contributed by atoms with Gasteiger partial charge in [0.15, 0.2) is 0 Å². The van der Waals surface area contributed by atoms with Crippen molar-refractivity contribution in [2.24, 2.45) is 5.92 Å². The third kappa shape index (κ3) is 3.70. The van der Waals surface area contributed by atoms with Gasteiger partial charge in [0.05, 0.1) is 0 Å². The van der Waals surface area contributed by atoms with Gasteiger partial charge in [-0.2, -0.15) is 0 Å². The lowest BCUT2D eigenvalue weighted by atomic mass is 9.98. The van der Waals surface area contributed by atoms with Crippen molar-refractivity contribution in [2.75, 3.05) is 25.0 Å². The average Bonchev–Trinajstić information content (AvgIpc) is 2.47. The minimum absolute atomic E-state index is 0.0374. The van der Waals surface area contributed by atoms with Crippen LogP contribution in [0.15, 0.2) is 24.3 Å². The largest absolute Gasteiger partial charge is 0.396 e. The molecule has 0 atom stereocenters. The number of nitrogens with zero attached hydrogens (tertiary/aromatic N) is 1. The molecule has 1 fully saturated rings. The highest BCUT2D eigenvalue weighted by Gasteiger charge is 2.22. The van der Waals surface area contributed by atoms with E-state index in [0.717, 1.165) is 38.0 Å². The van der Waals surface area contributed by atoms with E-state index in [2.05, 4.69) is 18.3 Å². The molecule has 0 spiro atoms. The van der Waals surface area contributed by atoms with Gasteiger partial charge in [0.2, 0.25) is 0 Å². The topological polar surface area (TPSA) is 52.6 Å². The molecule has 1 saturated heterocycles. The van der Waals surface area contributed by atoms with Crippen LogP contribution < -0.4 is 5.32 Å². The molecule has 104 valence electrons. The zero-order chi connectivity index (χ0) is 13.7. The number of hydrogen-bond acceptors (Lipinski definition) is 2. The summed E-state index contributed by atoms with van der Waals surface area (Å²) in [7, 11) is 0. The summed E-state index contributed by atoms with van der Waals surface area (Å²) in [6, 6.07) is 7.91. The molecule has 2 rings (SSSR count). The van der Waals surface area contributed by atoms with Gasteiger partial charge in [0.1, 0.15) is 0 Å². The van der Waals surface area contributed by atoms with E-state index in [0.29, 0.717) is 5.92 Å². The van der Waals surface area contributed by atoms with Crippen LogP contribution in [0.3, 0.4) is 0 Å².